The van der Waals surface area contributed by atoms with Gasteiger partial charge in [-0.25, -0.2) is 0 Å². The predicted octanol–water partition coefficient (Wildman–Crippen LogP) is 3.59. The quantitative estimate of drug-likeness (QED) is 0.835. The second-order valence-corrected chi connectivity index (χ2v) is 6.20. The number of carbonyl (C=O) groups is 1. The molecule has 0 saturated carbocycles. The van der Waals surface area contributed by atoms with Gasteiger partial charge in [0.2, 0.25) is 0 Å². The Morgan fingerprint density at radius 3 is 2.76 bits per heavy atom. The van der Waals surface area contributed by atoms with E-state index in [1.165, 1.54) is 4.88 Å². The fourth-order valence-corrected chi connectivity index (χ4v) is 3.07. The lowest BCUT2D eigenvalue weighted by Crippen LogP contribution is -2.31. The number of hydrogen-bond acceptors (Lipinski definition) is 3. The SMILES string of the molecule is CC(C)N(CCCC(=O)O)Cc1cc(Br)cs1. The van der Waals surface area contributed by atoms with Gasteiger partial charge < -0.3 is 5.11 Å². The van der Waals surface area contributed by atoms with E-state index in [2.05, 4.69) is 46.1 Å². The third kappa shape index (κ3) is 5.66. The minimum absolute atomic E-state index is 0.247. The molecule has 0 radical (unpaired) electrons. The summed E-state index contributed by atoms with van der Waals surface area (Å²) in [5, 5.41) is 10.7. The van der Waals surface area contributed by atoms with Gasteiger partial charge in [-0.15, -0.1) is 11.3 Å². The molecule has 0 atom stereocenters. The zero-order valence-electron chi connectivity index (χ0n) is 10.1. The number of halogens is 1. The summed E-state index contributed by atoms with van der Waals surface area (Å²) in [6, 6.07) is 2.56. The molecule has 5 heteroatoms. The third-order valence-electron chi connectivity index (χ3n) is 2.55. The Balaban J connectivity index is 2.46. The highest BCUT2D eigenvalue weighted by atomic mass is 79.9. The third-order valence-corrected chi connectivity index (χ3v) is 4.23. The van der Waals surface area contributed by atoms with E-state index in [1.807, 2.05) is 0 Å². The van der Waals surface area contributed by atoms with Crippen LogP contribution in [0.2, 0.25) is 0 Å². The van der Waals surface area contributed by atoms with Crippen molar-refractivity contribution in [3.05, 3.63) is 20.8 Å². The topological polar surface area (TPSA) is 40.5 Å². The van der Waals surface area contributed by atoms with Crippen LogP contribution in [0.3, 0.4) is 0 Å². The molecular formula is C12H18BrNO2S. The Labute approximate surface area is 115 Å². The smallest absolute Gasteiger partial charge is 0.303 e. The monoisotopic (exact) mass is 319 g/mol. The minimum Gasteiger partial charge on any atom is -0.481 e. The van der Waals surface area contributed by atoms with E-state index in [4.69, 9.17) is 5.11 Å². The molecule has 1 N–H and O–H groups in total. The Morgan fingerprint density at radius 1 is 1.59 bits per heavy atom. The van der Waals surface area contributed by atoms with Crippen LogP contribution in [0.5, 0.6) is 0 Å². The van der Waals surface area contributed by atoms with E-state index >= 15 is 0 Å². The Hall–Kier alpha value is -0.390. The first-order valence-corrected chi connectivity index (χ1v) is 7.35. The molecule has 3 nitrogen and oxygen atoms in total. The lowest BCUT2D eigenvalue weighted by Gasteiger charge is -2.25. The van der Waals surface area contributed by atoms with Crippen molar-refractivity contribution in [2.75, 3.05) is 6.54 Å². The van der Waals surface area contributed by atoms with E-state index in [0.717, 1.165) is 17.6 Å². The van der Waals surface area contributed by atoms with Crippen LogP contribution in [-0.2, 0) is 11.3 Å². The van der Waals surface area contributed by atoms with E-state index in [1.54, 1.807) is 11.3 Å². The molecule has 0 unspecified atom stereocenters. The molecule has 1 aromatic heterocycles. The molecule has 17 heavy (non-hydrogen) atoms. The van der Waals surface area contributed by atoms with Crippen LogP contribution in [-0.4, -0.2) is 28.6 Å². The number of carboxylic acids is 1. The molecule has 0 aliphatic carbocycles. The van der Waals surface area contributed by atoms with Crippen LogP contribution in [0.4, 0.5) is 0 Å². The molecular weight excluding hydrogens is 302 g/mol. The van der Waals surface area contributed by atoms with Crippen LogP contribution in [0.25, 0.3) is 0 Å². The summed E-state index contributed by atoms with van der Waals surface area (Å²) in [6.07, 6.45) is 0.956. The summed E-state index contributed by atoms with van der Waals surface area (Å²) in [5.41, 5.74) is 0. The van der Waals surface area contributed by atoms with Crippen molar-refractivity contribution in [3.63, 3.8) is 0 Å². The molecule has 1 heterocycles. The van der Waals surface area contributed by atoms with Crippen molar-refractivity contribution >= 4 is 33.2 Å². The maximum Gasteiger partial charge on any atom is 0.303 e. The highest BCUT2D eigenvalue weighted by molar-refractivity contribution is 9.10. The number of hydrogen-bond donors (Lipinski definition) is 1. The first-order valence-electron chi connectivity index (χ1n) is 5.68. The zero-order valence-corrected chi connectivity index (χ0v) is 12.6. The summed E-state index contributed by atoms with van der Waals surface area (Å²) in [7, 11) is 0. The maximum absolute atomic E-state index is 10.5. The van der Waals surface area contributed by atoms with E-state index < -0.39 is 5.97 Å². The number of rotatable bonds is 7. The number of thiophene rings is 1. The van der Waals surface area contributed by atoms with Gasteiger partial charge in [0, 0.05) is 33.7 Å². The molecule has 0 aliphatic rings. The molecule has 0 amide bonds. The Kier molecular flexibility index (Phi) is 6.16. The first kappa shape index (κ1) is 14.7. The normalized spacial score (nSPS) is 11.4. The average Bonchev–Trinajstić information content (AvgIpc) is 2.62. The number of nitrogens with zero attached hydrogens (tertiary/aromatic N) is 1. The van der Waals surface area contributed by atoms with Crippen LogP contribution >= 0.6 is 27.3 Å². The summed E-state index contributed by atoms with van der Waals surface area (Å²) in [4.78, 5) is 14.1. The molecule has 0 aliphatic heterocycles. The molecule has 1 aromatic rings. The van der Waals surface area contributed by atoms with Crippen LogP contribution in [0.1, 0.15) is 31.6 Å². The van der Waals surface area contributed by atoms with Gasteiger partial charge in [-0.05, 0) is 48.8 Å². The number of carboxylic acid groups (broad SMARTS) is 1. The van der Waals surface area contributed by atoms with Crippen molar-refractivity contribution in [2.24, 2.45) is 0 Å². The average molecular weight is 320 g/mol. The van der Waals surface area contributed by atoms with Gasteiger partial charge in [-0.2, -0.15) is 0 Å². The summed E-state index contributed by atoms with van der Waals surface area (Å²) < 4.78 is 1.12. The first-order chi connectivity index (χ1) is 7.99. The van der Waals surface area contributed by atoms with Crippen molar-refractivity contribution in [1.82, 2.24) is 4.90 Å². The molecule has 0 spiro atoms. The highest BCUT2D eigenvalue weighted by Gasteiger charge is 2.11. The van der Waals surface area contributed by atoms with Gasteiger partial charge in [0.1, 0.15) is 0 Å². The van der Waals surface area contributed by atoms with Gasteiger partial charge >= 0.3 is 5.97 Å². The fraction of sp³-hybridized carbons (Fsp3) is 0.583. The van der Waals surface area contributed by atoms with Crippen LogP contribution in [0.15, 0.2) is 15.9 Å². The highest BCUT2D eigenvalue weighted by Crippen LogP contribution is 2.22. The van der Waals surface area contributed by atoms with Crippen molar-refractivity contribution in [1.29, 1.82) is 0 Å². The van der Waals surface area contributed by atoms with Gasteiger partial charge in [0.15, 0.2) is 0 Å². The largest absolute Gasteiger partial charge is 0.481 e. The van der Waals surface area contributed by atoms with Crippen molar-refractivity contribution in [2.45, 2.75) is 39.3 Å². The molecule has 0 bridgehead atoms. The van der Waals surface area contributed by atoms with Crippen molar-refractivity contribution in [3.8, 4) is 0 Å². The Morgan fingerprint density at radius 2 is 2.29 bits per heavy atom. The Bertz CT molecular complexity index is 365. The maximum atomic E-state index is 10.5. The van der Waals surface area contributed by atoms with Crippen LogP contribution in [0, 0.1) is 0 Å². The lowest BCUT2D eigenvalue weighted by molar-refractivity contribution is -0.137. The van der Waals surface area contributed by atoms with Gasteiger partial charge in [0.25, 0.3) is 0 Å². The molecule has 0 aromatic carbocycles. The lowest BCUT2D eigenvalue weighted by atomic mass is 10.2. The van der Waals surface area contributed by atoms with Crippen LogP contribution < -0.4 is 0 Å². The number of aliphatic carboxylic acids is 1. The predicted molar refractivity (Wildman–Crippen MR) is 74.4 cm³/mol. The standard InChI is InChI=1S/C12H18BrNO2S/c1-9(2)14(5-3-4-12(15)16)7-11-6-10(13)8-17-11/h6,8-9H,3-5,7H2,1-2H3,(H,15,16). The zero-order chi connectivity index (χ0) is 12.8. The molecule has 96 valence electrons. The molecule has 0 saturated heterocycles. The van der Waals surface area contributed by atoms with Gasteiger partial charge in [-0.3, -0.25) is 9.69 Å². The van der Waals surface area contributed by atoms with E-state index in [9.17, 15) is 4.79 Å². The summed E-state index contributed by atoms with van der Waals surface area (Å²) in [6.45, 7) is 6.01. The van der Waals surface area contributed by atoms with Crippen molar-refractivity contribution < 1.29 is 9.90 Å². The second-order valence-electron chi connectivity index (χ2n) is 4.29. The second kappa shape index (κ2) is 7.13. The summed E-state index contributed by atoms with van der Waals surface area (Å²) in [5.74, 6) is -0.715. The molecule has 0 fully saturated rings. The van der Waals surface area contributed by atoms with E-state index in [0.29, 0.717) is 12.5 Å². The fourth-order valence-electron chi connectivity index (χ4n) is 1.59. The minimum atomic E-state index is -0.715. The van der Waals surface area contributed by atoms with Gasteiger partial charge in [-0.1, -0.05) is 0 Å². The van der Waals surface area contributed by atoms with Gasteiger partial charge in [0.05, 0.1) is 0 Å². The van der Waals surface area contributed by atoms with E-state index in [-0.39, 0.29) is 6.42 Å². The summed E-state index contributed by atoms with van der Waals surface area (Å²) >= 11 is 5.18. The molecule has 1 rings (SSSR count).